The Kier molecular flexibility index (Phi) is 3.89. The van der Waals surface area contributed by atoms with E-state index in [0.717, 1.165) is 16.9 Å². The van der Waals surface area contributed by atoms with Crippen molar-refractivity contribution in [1.82, 2.24) is 5.32 Å². The highest BCUT2D eigenvalue weighted by Crippen LogP contribution is 2.33. The number of carbonyl (C=O) groups excluding carboxylic acids is 2. The minimum atomic E-state index is -0.973. The number of hydrogen-bond donors (Lipinski definition) is 2. The van der Waals surface area contributed by atoms with Gasteiger partial charge in [0.1, 0.15) is 13.2 Å². The van der Waals surface area contributed by atoms with Crippen LogP contribution in [0.4, 0.5) is 0 Å². The van der Waals surface area contributed by atoms with Crippen molar-refractivity contribution in [3.8, 4) is 11.5 Å². The third-order valence-corrected chi connectivity index (χ3v) is 2.90. The zero-order valence-corrected chi connectivity index (χ0v) is 10.7. The van der Waals surface area contributed by atoms with Crippen LogP contribution in [0.25, 0.3) is 0 Å². The first kappa shape index (κ1) is 13.2. The number of ether oxygens (including phenoxy) is 2. The van der Waals surface area contributed by atoms with Gasteiger partial charge < -0.3 is 20.5 Å². The highest BCUT2D eigenvalue weighted by Gasteiger charge is 2.14. The van der Waals surface area contributed by atoms with E-state index in [1.54, 1.807) is 0 Å². The predicted molar refractivity (Wildman–Crippen MR) is 68.1 cm³/mol. The lowest BCUT2D eigenvalue weighted by atomic mass is 10.0. The van der Waals surface area contributed by atoms with E-state index >= 15 is 0 Å². The van der Waals surface area contributed by atoms with E-state index in [2.05, 4.69) is 5.32 Å². The monoisotopic (exact) mass is 264 g/mol. The first-order valence-corrected chi connectivity index (χ1v) is 6.04. The predicted octanol–water partition coefficient (Wildman–Crippen LogP) is -0.0898. The molecule has 1 aromatic rings. The Labute approximate surface area is 110 Å². The van der Waals surface area contributed by atoms with Gasteiger partial charge in [0.05, 0.1) is 0 Å². The molecular formula is C13H16N2O4. The van der Waals surface area contributed by atoms with E-state index in [0.29, 0.717) is 31.9 Å². The van der Waals surface area contributed by atoms with Gasteiger partial charge in [-0.1, -0.05) is 0 Å². The fourth-order valence-electron chi connectivity index (χ4n) is 1.90. The first-order chi connectivity index (χ1) is 9.08. The molecule has 19 heavy (non-hydrogen) atoms. The Balaban J connectivity index is 2.00. The maximum Gasteiger partial charge on any atom is 0.309 e. The lowest BCUT2D eigenvalue weighted by Gasteiger charge is -2.20. The number of primary amides is 1. The molecule has 0 atom stereocenters. The van der Waals surface area contributed by atoms with Crippen molar-refractivity contribution in [3.05, 3.63) is 23.3 Å². The molecule has 1 aromatic carbocycles. The Bertz CT molecular complexity index is 514. The molecule has 0 radical (unpaired) electrons. The molecule has 0 saturated carbocycles. The second-order valence-corrected chi connectivity index (χ2v) is 4.29. The molecule has 0 saturated heterocycles. The van der Waals surface area contributed by atoms with E-state index in [1.165, 1.54) is 0 Å². The Morgan fingerprint density at radius 3 is 2.53 bits per heavy atom. The van der Waals surface area contributed by atoms with Crippen molar-refractivity contribution in [2.75, 3.05) is 19.8 Å². The number of nitrogens with one attached hydrogen (secondary N) is 1. The minimum Gasteiger partial charge on any atom is -0.486 e. The average molecular weight is 264 g/mol. The summed E-state index contributed by atoms with van der Waals surface area (Å²) < 4.78 is 11.0. The summed E-state index contributed by atoms with van der Waals surface area (Å²) in [6.07, 6.45) is 0.599. The van der Waals surface area contributed by atoms with Gasteiger partial charge in [-0.2, -0.15) is 0 Å². The molecule has 2 amide bonds. The molecule has 6 nitrogen and oxygen atoms in total. The van der Waals surface area contributed by atoms with Crippen LogP contribution in [0, 0.1) is 6.92 Å². The number of fused-ring (bicyclic) bond motifs is 1. The quantitative estimate of drug-likeness (QED) is 0.746. The van der Waals surface area contributed by atoms with E-state index in [4.69, 9.17) is 15.2 Å². The van der Waals surface area contributed by atoms with Crippen LogP contribution in [-0.2, 0) is 16.0 Å². The van der Waals surface area contributed by atoms with E-state index in [-0.39, 0.29) is 0 Å². The van der Waals surface area contributed by atoms with Gasteiger partial charge in [0.2, 0.25) is 0 Å². The van der Waals surface area contributed by atoms with Gasteiger partial charge in [-0.15, -0.1) is 0 Å². The summed E-state index contributed by atoms with van der Waals surface area (Å²) in [6.45, 7) is 3.40. The zero-order chi connectivity index (χ0) is 13.8. The number of rotatable bonds is 3. The number of amides is 2. The van der Waals surface area contributed by atoms with E-state index in [1.807, 2.05) is 19.1 Å². The SMILES string of the molecule is Cc1cc2c(cc1CCNC(=O)C(N)=O)OCCO2. The maximum atomic E-state index is 11.0. The minimum absolute atomic E-state index is 0.349. The standard InChI is InChI=1S/C13H16N2O4/c1-8-6-10-11(19-5-4-18-10)7-9(8)2-3-15-13(17)12(14)16/h6-7H,2-5H2,1H3,(H2,14,16)(H,15,17). The Morgan fingerprint density at radius 1 is 1.26 bits per heavy atom. The van der Waals surface area contributed by atoms with Crippen LogP contribution in [0.3, 0.4) is 0 Å². The van der Waals surface area contributed by atoms with Gasteiger partial charge in [-0.3, -0.25) is 9.59 Å². The molecule has 3 N–H and O–H groups in total. The molecule has 102 valence electrons. The number of hydrogen-bond acceptors (Lipinski definition) is 4. The van der Waals surface area contributed by atoms with Crippen molar-refractivity contribution in [1.29, 1.82) is 0 Å². The van der Waals surface area contributed by atoms with E-state index in [9.17, 15) is 9.59 Å². The molecule has 1 aliphatic rings. The second kappa shape index (κ2) is 5.60. The lowest BCUT2D eigenvalue weighted by Crippen LogP contribution is -2.37. The number of aryl methyl sites for hydroxylation is 1. The van der Waals surface area contributed by atoms with Crippen molar-refractivity contribution < 1.29 is 19.1 Å². The summed E-state index contributed by atoms with van der Waals surface area (Å²) >= 11 is 0. The molecule has 0 unspecified atom stereocenters. The van der Waals surface area contributed by atoms with Crippen LogP contribution in [0.15, 0.2) is 12.1 Å². The van der Waals surface area contributed by atoms with Crippen molar-refractivity contribution >= 4 is 11.8 Å². The van der Waals surface area contributed by atoms with Gasteiger partial charge in [0.25, 0.3) is 0 Å². The third kappa shape index (κ3) is 3.15. The third-order valence-electron chi connectivity index (χ3n) is 2.90. The summed E-state index contributed by atoms with van der Waals surface area (Å²) in [5, 5.41) is 2.45. The van der Waals surface area contributed by atoms with Gasteiger partial charge in [-0.25, -0.2) is 0 Å². The van der Waals surface area contributed by atoms with Crippen molar-refractivity contribution in [3.63, 3.8) is 0 Å². The highest BCUT2D eigenvalue weighted by molar-refractivity contribution is 6.34. The molecule has 0 bridgehead atoms. The van der Waals surface area contributed by atoms with E-state index < -0.39 is 11.8 Å². The van der Waals surface area contributed by atoms with Crippen LogP contribution >= 0.6 is 0 Å². The van der Waals surface area contributed by atoms with Crippen LogP contribution in [-0.4, -0.2) is 31.6 Å². The topological polar surface area (TPSA) is 90.7 Å². The molecule has 0 aromatic heterocycles. The molecule has 6 heteroatoms. The molecule has 0 aliphatic carbocycles. The smallest absolute Gasteiger partial charge is 0.309 e. The maximum absolute atomic E-state index is 11.0. The van der Waals surface area contributed by atoms with Gasteiger partial charge in [0.15, 0.2) is 11.5 Å². The molecular weight excluding hydrogens is 248 g/mol. The molecule has 1 aliphatic heterocycles. The molecule has 0 spiro atoms. The van der Waals surface area contributed by atoms with Gasteiger partial charge >= 0.3 is 11.8 Å². The Morgan fingerprint density at radius 2 is 1.89 bits per heavy atom. The van der Waals surface area contributed by atoms with Crippen molar-refractivity contribution in [2.45, 2.75) is 13.3 Å². The Hall–Kier alpha value is -2.24. The normalized spacial score (nSPS) is 12.9. The molecule has 0 fully saturated rings. The second-order valence-electron chi connectivity index (χ2n) is 4.29. The zero-order valence-electron chi connectivity index (χ0n) is 10.7. The summed E-state index contributed by atoms with van der Waals surface area (Å²) in [6, 6.07) is 3.82. The van der Waals surface area contributed by atoms with Crippen LogP contribution < -0.4 is 20.5 Å². The highest BCUT2D eigenvalue weighted by atomic mass is 16.6. The number of benzene rings is 1. The summed E-state index contributed by atoms with van der Waals surface area (Å²) in [4.78, 5) is 21.6. The average Bonchev–Trinajstić information content (AvgIpc) is 2.39. The summed E-state index contributed by atoms with van der Waals surface area (Å²) in [7, 11) is 0. The summed E-state index contributed by atoms with van der Waals surface area (Å²) in [5.41, 5.74) is 6.94. The van der Waals surface area contributed by atoms with Crippen LogP contribution in [0.5, 0.6) is 11.5 Å². The first-order valence-electron chi connectivity index (χ1n) is 6.04. The van der Waals surface area contributed by atoms with Crippen LogP contribution in [0.1, 0.15) is 11.1 Å². The van der Waals surface area contributed by atoms with Crippen LogP contribution in [0.2, 0.25) is 0 Å². The summed E-state index contributed by atoms with van der Waals surface area (Å²) in [5.74, 6) is -0.282. The van der Waals surface area contributed by atoms with Gasteiger partial charge in [0, 0.05) is 6.54 Å². The number of nitrogens with two attached hydrogens (primary N) is 1. The lowest BCUT2D eigenvalue weighted by molar-refractivity contribution is -0.137. The molecule has 1 heterocycles. The largest absolute Gasteiger partial charge is 0.486 e. The fraction of sp³-hybridized carbons (Fsp3) is 0.385. The van der Waals surface area contributed by atoms with Crippen molar-refractivity contribution in [2.24, 2.45) is 5.73 Å². The fourth-order valence-corrected chi connectivity index (χ4v) is 1.90. The molecule has 2 rings (SSSR count). The number of carbonyl (C=O) groups is 2. The van der Waals surface area contributed by atoms with Gasteiger partial charge in [-0.05, 0) is 36.6 Å².